The maximum Gasteiger partial charge on any atom is 0.434 e. The fourth-order valence-corrected chi connectivity index (χ4v) is 10.0. The number of rotatable bonds is 8. The number of amides is 1. The van der Waals surface area contributed by atoms with Gasteiger partial charge in [0.2, 0.25) is 5.92 Å². The number of carboxylic acids is 1. The van der Waals surface area contributed by atoms with E-state index in [0.29, 0.717) is 43.1 Å². The summed E-state index contributed by atoms with van der Waals surface area (Å²) in [7, 11) is 0. The molecule has 0 radical (unpaired) electrons. The van der Waals surface area contributed by atoms with E-state index < -0.39 is 53.1 Å². The summed E-state index contributed by atoms with van der Waals surface area (Å²) in [4.78, 5) is 37.3. The molecule has 2 aromatic heterocycles. The molecule has 3 saturated carbocycles. The van der Waals surface area contributed by atoms with E-state index >= 15 is 0 Å². The van der Waals surface area contributed by atoms with Gasteiger partial charge < -0.3 is 15.0 Å². The zero-order chi connectivity index (χ0) is 38.9. The molecule has 4 heterocycles. The van der Waals surface area contributed by atoms with Crippen LogP contribution in [0.25, 0.3) is 22.3 Å². The number of fused-ring (bicyclic) bond motifs is 3. The molecule has 298 valence electrons. The molecule has 8 rings (SSSR count). The molecule has 0 spiro atoms. The number of carbonyl (C=O) groups is 2. The average molecular weight is 779 g/mol. The van der Waals surface area contributed by atoms with Crippen LogP contribution in [0.1, 0.15) is 98.3 Å². The quantitative estimate of drug-likeness (QED) is 0.225. The van der Waals surface area contributed by atoms with Crippen LogP contribution in [-0.2, 0) is 17.5 Å². The topological polar surface area (TPSA) is 104 Å². The van der Waals surface area contributed by atoms with Crippen molar-refractivity contribution >= 4 is 22.8 Å². The second-order valence-corrected chi connectivity index (χ2v) is 16.7. The number of alkyl halides is 7. The van der Waals surface area contributed by atoms with Crippen molar-refractivity contribution < 1.29 is 45.4 Å². The van der Waals surface area contributed by atoms with Crippen molar-refractivity contribution in [2.24, 2.45) is 17.8 Å². The minimum absolute atomic E-state index is 0.0635. The molecule has 1 aromatic carbocycles. The number of halogens is 7. The number of aliphatic carboxylic acids is 1. The fourth-order valence-electron chi connectivity index (χ4n) is 10.0. The minimum atomic E-state index is -4.99. The van der Waals surface area contributed by atoms with E-state index in [0.717, 1.165) is 44.1 Å². The first-order chi connectivity index (χ1) is 26.0. The van der Waals surface area contributed by atoms with Gasteiger partial charge in [-0.05, 0) is 94.3 Å². The number of piperidine rings is 1. The van der Waals surface area contributed by atoms with Crippen molar-refractivity contribution in [1.29, 1.82) is 0 Å². The summed E-state index contributed by atoms with van der Waals surface area (Å²) in [5.74, 6) is -7.76. The van der Waals surface area contributed by atoms with Crippen molar-refractivity contribution in [3.63, 3.8) is 0 Å². The molecule has 3 unspecified atom stereocenters. The molecule has 2 bridgehead atoms. The Morgan fingerprint density at radius 3 is 2.18 bits per heavy atom. The van der Waals surface area contributed by atoms with Gasteiger partial charge in [0.25, 0.3) is 11.8 Å². The van der Waals surface area contributed by atoms with Crippen LogP contribution in [0, 0.1) is 17.8 Å². The van der Waals surface area contributed by atoms with Crippen LogP contribution in [0.4, 0.5) is 30.7 Å². The summed E-state index contributed by atoms with van der Waals surface area (Å²) in [6, 6.07) is 4.97. The van der Waals surface area contributed by atoms with Crippen LogP contribution in [0.3, 0.4) is 0 Å². The number of nitrogens with zero attached hydrogens (tertiary/aromatic N) is 5. The fraction of sp³-hybridized carbons (Fsp3) is 0.641. The van der Waals surface area contributed by atoms with Gasteiger partial charge in [0.1, 0.15) is 0 Å². The Morgan fingerprint density at radius 1 is 0.891 bits per heavy atom. The largest absolute Gasteiger partial charge is 0.481 e. The number of carbonyl (C=O) groups excluding carboxylic acids is 1. The molecule has 55 heavy (non-hydrogen) atoms. The van der Waals surface area contributed by atoms with Crippen molar-refractivity contribution in [2.45, 2.75) is 113 Å². The van der Waals surface area contributed by atoms with Crippen molar-refractivity contribution in [3.05, 3.63) is 47.4 Å². The standard InChI is InChI=1S/C39H45F7N6O3/c40-37(41)7-3-28(4-8-37)52-19-31(29-2-1-22(16-32(29)52)18-50-9-5-27(6-10-50)51-20-38(42,43)21-51)34-47-17-30(33(49-34)39(44,45)46)35(53)48-26-14-23-11-24(15-26)13-25(12-23)36(54)55/h1-2,16-17,19,23-28H,3-15,18,20-21H2,(H,48,53)(H,54,55)/t23-,24?,25?,26?/m1/s1. The van der Waals surface area contributed by atoms with E-state index in [4.69, 9.17) is 0 Å². The highest BCUT2D eigenvalue weighted by atomic mass is 19.4. The van der Waals surface area contributed by atoms with Crippen molar-refractivity contribution in [1.82, 2.24) is 29.7 Å². The Balaban J connectivity index is 1.05. The zero-order valence-corrected chi connectivity index (χ0v) is 30.3. The van der Waals surface area contributed by atoms with Gasteiger partial charge in [-0.1, -0.05) is 12.1 Å². The molecular formula is C39H45F7N6O3. The number of hydrogen-bond acceptors (Lipinski definition) is 6. The maximum atomic E-state index is 14.6. The monoisotopic (exact) mass is 778 g/mol. The normalized spacial score (nSPS) is 27.8. The van der Waals surface area contributed by atoms with Gasteiger partial charge in [0.05, 0.1) is 24.6 Å². The first kappa shape index (κ1) is 38.1. The number of carboxylic acid groups (broad SMARTS) is 1. The van der Waals surface area contributed by atoms with E-state index in [1.54, 1.807) is 12.3 Å². The van der Waals surface area contributed by atoms with Gasteiger partial charge in [-0.15, -0.1) is 0 Å². The van der Waals surface area contributed by atoms with Crippen LogP contribution in [-0.4, -0.2) is 91.4 Å². The highest BCUT2D eigenvalue weighted by molar-refractivity contribution is 5.97. The number of nitrogens with one attached hydrogen (secondary N) is 1. The summed E-state index contributed by atoms with van der Waals surface area (Å²) in [5, 5.41) is 12.8. The molecule has 5 aliphatic rings. The summed E-state index contributed by atoms with van der Waals surface area (Å²) in [6.07, 6.45) is 1.55. The smallest absolute Gasteiger partial charge is 0.434 e. The first-order valence-electron chi connectivity index (χ1n) is 19.3. The highest BCUT2D eigenvalue weighted by Crippen LogP contribution is 2.44. The van der Waals surface area contributed by atoms with Crippen LogP contribution < -0.4 is 5.32 Å². The summed E-state index contributed by atoms with van der Waals surface area (Å²) >= 11 is 0. The molecule has 16 heteroatoms. The van der Waals surface area contributed by atoms with Gasteiger partial charge in [-0.25, -0.2) is 27.5 Å². The van der Waals surface area contributed by atoms with Gasteiger partial charge in [-0.2, -0.15) is 13.2 Å². The van der Waals surface area contributed by atoms with E-state index in [1.165, 1.54) is 0 Å². The molecule has 5 fully saturated rings. The number of benzene rings is 1. The predicted molar refractivity (Wildman–Crippen MR) is 188 cm³/mol. The second kappa shape index (κ2) is 14.3. The first-order valence-corrected chi connectivity index (χ1v) is 19.3. The third kappa shape index (κ3) is 8.08. The molecular weight excluding hydrogens is 733 g/mol. The SMILES string of the molecule is O=C(NC1CC2CC(C(=O)O)C[C@@H](C2)C1)c1cnc(-c2cn(C3CCC(F)(F)CC3)c3cc(CN4CCC(N5CC(F)(F)C5)CC4)ccc23)nc1C(F)(F)F. The Bertz CT molecular complexity index is 1910. The third-order valence-electron chi connectivity index (χ3n) is 12.7. The van der Waals surface area contributed by atoms with E-state index in [-0.39, 0.29) is 74.1 Å². The molecule has 9 nitrogen and oxygen atoms in total. The van der Waals surface area contributed by atoms with E-state index in [1.807, 2.05) is 21.6 Å². The molecule has 2 N–H and O–H groups in total. The minimum Gasteiger partial charge on any atom is -0.481 e. The Hall–Kier alpha value is -3.79. The Morgan fingerprint density at radius 2 is 1.56 bits per heavy atom. The van der Waals surface area contributed by atoms with Crippen LogP contribution >= 0.6 is 0 Å². The second-order valence-electron chi connectivity index (χ2n) is 16.7. The third-order valence-corrected chi connectivity index (χ3v) is 12.7. The molecule has 3 aliphatic carbocycles. The summed E-state index contributed by atoms with van der Waals surface area (Å²) in [5.41, 5.74) is -0.216. The molecule has 2 aliphatic heterocycles. The van der Waals surface area contributed by atoms with Gasteiger partial charge in [0, 0.05) is 66.4 Å². The number of hydrogen-bond donors (Lipinski definition) is 2. The highest BCUT2D eigenvalue weighted by Gasteiger charge is 2.47. The van der Waals surface area contributed by atoms with Crippen LogP contribution in [0.2, 0.25) is 0 Å². The lowest BCUT2D eigenvalue weighted by molar-refractivity contribution is -0.151. The Kier molecular flexibility index (Phi) is 9.91. The number of aromatic nitrogens is 3. The summed E-state index contributed by atoms with van der Waals surface area (Å²) in [6.45, 7) is 1.59. The molecule has 1 amide bonds. The average Bonchev–Trinajstić information content (AvgIpc) is 3.48. The van der Waals surface area contributed by atoms with Gasteiger partial charge in [0.15, 0.2) is 11.5 Å². The van der Waals surface area contributed by atoms with Gasteiger partial charge >= 0.3 is 12.1 Å². The lowest BCUT2D eigenvalue weighted by Gasteiger charge is -2.46. The van der Waals surface area contributed by atoms with Crippen LogP contribution in [0.5, 0.6) is 0 Å². The van der Waals surface area contributed by atoms with Gasteiger partial charge in [-0.3, -0.25) is 19.4 Å². The lowest BCUT2D eigenvalue weighted by Crippen LogP contribution is -2.61. The predicted octanol–water partition coefficient (Wildman–Crippen LogP) is 7.79. The summed E-state index contributed by atoms with van der Waals surface area (Å²) < 4.78 is 101. The van der Waals surface area contributed by atoms with Crippen molar-refractivity contribution in [2.75, 3.05) is 26.2 Å². The van der Waals surface area contributed by atoms with E-state index in [9.17, 15) is 45.4 Å². The number of likely N-dealkylation sites (tertiary alicyclic amines) is 2. The lowest BCUT2D eigenvalue weighted by atomic mass is 9.66. The molecule has 3 aromatic rings. The molecule has 4 atom stereocenters. The van der Waals surface area contributed by atoms with Crippen LogP contribution in [0.15, 0.2) is 30.6 Å². The van der Waals surface area contributed by atoms with E-state index in [2.05, 4.69) is 20.2 Å². The molecule has 2 saturated heterocycles. The zero-order valence-electron chi connectivity index (χ0n) is 30.3. The van der Waals surface area contributed by atoms with Crippen molar-refractivity contribution in [3.8, 4) is 11.4 Å². The maximum absolute atomic E-state index is 14.6. The Labute approximate surface area is 313 Å².